The Bertz CT molecular complexity index is 413. The molecule has 0 spiro atoms. The number of aliphatic hydroxyl groups is 1. The molecule has 0 amide bonds. The summed E-state index contributed by atoms with van der Waals surface area (Å²) in [4.78, 5) is 0. The van der Waals surface area contributed by atoms with Crippen molar-refractivity contribution >= 4 is 0 Å². The average Bonchev–Trinajstić information content (AvgIpc) is 2.26. The minimum atomic E-state index is -0.879. The lowest BCUT2D eigenvalue weighted by atomic mass is 9.72. The zero-order chi connectivity index (χ0) is 12.7. The third-order valence-electron chi connectivity index (χ3n) is 3.92. The fraction of sp³-hybridized carbons (Fsp3) is 0.600. The summed E-state index contributed by atoms with van der Waals surface area (Å²) >= 11 is 0. The maximum absolute atomic E-state index is 10.8. The topological polar surface area (TPSA) is 29.5 Å². The molecule has 0 saturated heterocycles. The second-order valence-electron chi connectivity index (χ2n) is 6.07. The van der Waals surface area contributed by atoms with Gasteiger partial charge in [-0.3, -0.25) is 0 Å². The van der Waals surface area contributed by atoms with Crippen LogP contribution in [-0.2, 0) is 12.0 Å². The fourth-order valence-electron chi connectivity index (χ4n) is 2.18. The summed E-state index contributed by atoms with van der Waals surface area (Å²) in [7, 11) is 0. The molecule has 17 heavy (non-hydrogen) atoms. The first kappa shape index (κ1) is 12.4. The molecule has 1 aliphatic rings. The second-order valence-corrected chi connectivity index (χ2v) is 6.07. The van der Waals surface area contributed by atoms with Crippen LogP contribution in [0.25, 0.3) is 0 Å². The van der Waals surface area contributed by atoms with E-state index in [0.29, 0.717) is 0 Å². The minimum absolute atomic E-state index is 0.219. The molecule has 1 aromatic rings. The van der Waals surface area contributed by atoms with Gasteiger partial charge < -0.3 is 9.84 Å². The van der Waals surface area contributed by atoms with Crippen molar-refractivity contribution in [1.29, 1.82) is 0 Å². The molecule has 0 fully saturated rings. The van der Waals surface area contributed by atoms with Gasteiger partial charge in [0, 0.05) is 5.56 Å². The molecule has 1 aliphatic heterocycles. The van der Waals surface area contributed by atoms with Crippen molar-refractivity contribution in [1.82, 2.24) is 0 Å². The van der Waals surface area contributed by atoms with Gasteiger partial charge >= 0.3 is 0 Å². The van der Waals surface area contributed by atoms with Gasteiger partial charge in [-0.25, -0.2) is 0 Å². The Labute approximate surface area is 104 Å². The SMILES string of the molecule is CC(C)(C)C(C)(O)c1cccc2c1OCCC2. The van der Waals surface area contributed by atoms with E-state index in [4.69, 9.17) is 4.74 Å². The van der Waals surface area contributed by atoms with Crippen LogP contribution in [0, 0.1) is 5.41 Å². The normalized spacial score (nSPS) is 19.1. The molecule has 0 saturated carbocycles. The van der Waals surface area contributed by atoms with Crippen molar-refractivity contribution in [2.24, 2.45) is 5.41 Å². The van der Waals surface area contributed by atoms with Crippen molar-refractivity contribution in [3.63, 3.8) is 0 Å². The smallest absolute Gasteiger partial charge is 0.128 e. The average molecular weight is 234 g/mol. The summed E-state index contributed by atoms with van der Waals surface area (Å²) < 4.78 is 5.78. The summed E-state index contributed by atoms with van der Waals surface area (Å²) in [5, 5.41) is 10.8. The quantitative estimate of drug-likeness (QED) is 0.808. The van der Waals surface area contributed by atoms with Gasteiger partial charge in [0.1, 0.15) is 5.75 Å². The summed E-state index contributed by atoms with van der Waals surface area (Å²) in [5.41, 5.74) is 1.04. The van der Waals surface area contributed by atoms with Crippen LogP contribution in [0.15, 0.2) is 18.2 Å². The number of para-hydroxylation sites is 1. The third-order valence-corrected chi connectivity index (χ3v) is 3.92. The van der Waals surface area contributed by atoms with E-state index in [2.05, 4.69) is 26.8 Å². The van der Waals surface area contributed by atoms with E-state index in [0.717, 1.165) is 30.8 Å². The van der Waals surface area contributed by atoms with Gasteiger partial charge in [-0.15, -0.1) is 0 Å². The Morgan fingerprint density at radius 1 is 1.18 bits per heavy atom. The maximum atomic E-state index is 10.8. The molecule has 0 aliphatic carbocycles. The Kier molecular flexibility index (Phi) is 2.94. The number of aryl methyl sites for hydroxylation is 1. The molecular weight excluding hydrogens is 212 g/mol. The van der Waals surface area contributed by atoms with Crippen LogP contribution >= 0.6 is 0 Å². The van der Waals surface area contributed by atoms with Gasteiger partial charge in [-0.1, -0.05) is 39.0 Å². The van der Waals surface area contributed by atoms with E-state index in [1.165, 1.54) is 5.56 Å². The lowest BCUT2D eigenvalue weighted by Gasteiger charge is -2.39. The Balaban J connectivity index is 2.53. The molecule has 1 aromatic carbocycles. The van der Waals surface area contributed by atoms with Crippen LogP contribution in [0.5, 0.6) is 5.75 Å². The molecule has 0 bridgehead atoms. The van der Waals surface area contributed by atoms with Crippen molar-refractivity contribution in [3.05, 3.63) is 29.3 Å². The Hall–Kier alpha value is -1.02. The van der Waals surface area contributed by atoms with E-state index in [-0.39, 0.29) is 5.41 Å². The molecule has 1 heterocycles. The molecule has 0 aromatic heterocycles. The standard InChI is InChI=1S/C15H22O2/c1-14(2,3)15(4,16)12-9-5-7-11-8-6-10-17-13(11)12/h5,7,9,16H,6,8,10H2,1-4H3. The van der Waals surface area contributed by atoms with Gasteiger partial charge in [0.15, 0.2) is 0 Å². The molecule has 2 nitrogen and oxygen atoms in total. The van der Waals surface area contributed by atoms with Crippen molar-refractivity contribution in [3.8, 4) is 5.75 Å². The van der Waals surface area contributed by atoms with Gasteiger partial charge in [-0.05, 0) is 30.7 Å². The fourth-order valence-corrected chi connectivity index (χ4v) is 2.18. The minimum Gasteiger partial charge on any atom is -0.493 e. The monoisotopic (exact) mass is 234 g/mol. The first-order chi connectivity index (χ1) is 7.84. The zero-order valence-corrected chi connectivity index (χ0v) is 11.2. The third kappa shape index (κ3) is 2.06. The van der Waals surface area contributed by atoms with Crippen molar-refractivity contribution < 1.29 is 9.84 Å². The Morgan fingerprint density at radius 3 is 2.53 bits per heavy atom. The van der Waals surface area contributed by atoms with Gasteiger partial charge in [0.05, 0.1) is 12.2 Å². The number of ether oxygens (including phenoxy) is 1. The predicted molar refractivity (Wildman–Crippen MR) is 69.3 cm³/mol. The van der Waals surface area contributed by atoms with Gasteiger partial charge in [-0.2, -0.15) is 0 Å². The van der Waals surface area contributed by atoms with E-state index >= 15 is 0 Å². The van der Waals surface area contributed by atoms with Crippen LogP contribution in [0.4, 0.5) is 0 Å². The lowest BCUT2D eigenvalue weighted by molar-refractivity contribution is -0.0492. The molecule has 1 atom stereocenters. The molecule has 1 N–H and O–H groups in total. The first-order valence-electron chi connectivity index (χ1n) is 6.31. The molecule has 1 unspecified atom stereocenters. The number of hydrogen-bond donors (Lipinski definition) is 1. The van der Waals surface area contributed by atoms with E-state index in [9.17, 15) is 5.11 Å². The number of fused-ring (bicyclic) bond motifs is 1. The van der Waals surface area contributed by atoms with Crippen LogP contribution in [0.1, 0.15) is 45.2 Å². The highest BCUT2D eigenvalue weighted by molar-refractivity contribution is 5.46. The molecule has 2 heteroatoms. The van der Waals surface area contributed by atoms with Crippen LogP contribution < -0.4 is 4.74 Å². The van der Waals surface area contributed by atoms with E-state index in [1.54, 1.807) is 0 Å². The second kappa shape index (κ2) is 4.02. The van der Waals surface area contributed by atoms with Gasteiger partial charge in [0.25, 0.3) is 0 Å². The molecular formula is C15H22O2. The molecule has 0 radical (unpaired) electrons. The summed E-state index contributed by atoms with van der Waals surface area (Å²) in [6.07, 6.45) is 2.11. The number of benzene rings is 1. The highest BCUT2D eigenvalue weighted by Gasteiger charge is 2.39. The lowest BCUT2D eigenvalue weighted by Crippen LogP contribution is -2.37. The van der Waals surface area contributed by atoms with Gasteiger partial charge in [0.2, 0.25) is 0 Å². The Morgan fingerprint density at radius 2 is 1.88 bits per heavy atom. The summed E-state index contributed by atoms with van der Waals surface area (Å²) in [6.45, 7) is 8.78. The predicted octanol–water partition coefficient (Wildman–Crippen LogP) is 3.27. The van der Waals surface area contributed by atoms with Crippen LogP contribution in [0.2, 0.25) is 0 Å². The van der Waals surface area contributed by atoms with E-state index in [1.807, 2.05) is 19.1 Å². The van der Waals surface area contributed by atoms with Crippen LogP contribution in [0.3, 0.4) is 0 Å². The van der Waals surface area contributed by atoms with E-state index < -0.39 is 5.60 Å². The largest absolute Gasteiger partial charge is 0.493 e. The van der Waals surface area contributed by atoms with Crippen molar-refractivity contribution in [2.45, 2.75) is 46.1 Å². The summed E-state index contributed by atoms with van der Waals surface area (Å²) in [6, 6.07) is 6.09. The highest BCUT2D eigenvalue weighted by atomic mass is 16.5. The maximum Gasteiger partial charge on any atom is 0.128 e. The number of rotatable bonds is 1. The summed E-state index contributed by atoms with van der Waals surface area (Å²) in [5.74, 6) is 0.902. The zero-order valence-electron chi connectivity index (χ0n) is 11.2. The van der Waals surface area contributed by atoms with Crippen LogP contribution in [-0.4, -0.2) is 11.7 Å². The first-order valence-corrected chi connectivity index (χ1v) is 6.31. The van der Waals surface area contributed by atoms with Crippen molar-refractivity contribution in [2.75, 3.05) is 6.61 Å². The molecule has 94 valence electrons. The molecule has 2 rings (SSSR count). The number of hydrogen-bond acceptors (Lipinski definition) is 2. The highest BCUT2D eigenvalue weighted by Crippen LogP contribution is 2.44.